The first-order valence-electron chi connectivity index (χ1n) is 9.64. The van der Waals surface area contributed by atoms with Crippen molar-refractivity contribution in [3.05, 3.63) is 23.6 Å². The maximum Gasteiger partial charge on any atom is 0.252 e. The van der Waals surface area contributed by atoms with E-state index in [2.05, 4.69) is 38.0 Å². The predicted octanol–water partition coefficient (Wildman–Crippen LogP) is 3.62. The van der Waals surface area contributed by atoms with Crippen LogP contribution < -0.4 is 0 Å². The van der Waals surface area contributed by atoms with Gasteiger partial charge in [-0.2, -0.15) is 4.31 Å². The Morgan fingerprint density at radius 3 is 2.61 bits per heavy atom. The molecule has 28 heavy (non-hydrogen) atoms. The molecular formula is C20H29N3O3S2. The van der Waals surface area contributed by atoms with Crippen LogP contribution in [0.4, 0.5) is 0 Å². The Kier molecular flexibility index (Phi) is 4.58. The Labute approximate surface area is 171 Å². The van der Waals surface area contributed by atoms with E-state index < -0.39 is 10.0 Å². The van der Waals surface area contributed by atoms with Crippen molar-refractivity contribution >= 4 is 21.4 Å². The Hall–Kier alpha value is -1.22. The predicted molar refractivity (Wildman–Crippen MR) is 111 cm³/mol. The zero-order valence-corrected chi connectivity index (χ0v) is 19.1. The summed E-state index contributed by atoms with van der Waals surface area (Å²) in [4.78, 5) is 3.08. The van der Waals surface area contributed by atoms with Crippen molar-refractivity contribution in [1.82, 2.24) is 14.4 Å². The summed E-state index contributed by atoms with van der Waals surface area (Å²) in [6.07, 6.45) is 1.07. The van der Waals surface area contributed by atoms with Crippen LogP contribution in [0.25, 0.3) is 10.4 Å². The maximum atomic E-state index is 13.4. The fourth-order valence-electron chi connectivity index (χ4n) is 5.66. The molecule has 0 spiro atoms. The Morgan fingerprint density at radius 1 is 1.32 bits per heavy atom. The number of nitrogens with zero attached hydrogens (tertiary/aromatic N) is 3. The van der Waals surface area contributed by atoms with Gasteiger partial charge in [0.25, 0.3) is 10.0 Å². The number of fused-ring (bicyclic) bond motifs is 1. The van der Waals surface area contributed by atoms with Gasteiger partial charge in [0.1, 0.15) is 9.97 Å². The summed E-state index contributed by atoms with van der Waals surface area (Å²) < 4.78 is 34.2. The largest absolute Gasteiger partial charge is 0.361 e. The quantitative estimate of drug-likeness (QED) is 0.735. The topological polar surface area (TPSA) is 66.7 Å². The average molecular weight is 424 g/mol. The van der Waals surface area contributed by atoms with Crippen LogP contribution in [0.15, 0.2) is 20.9 Å². The first-order valence-corrected chi connectivity index (χ1v) is 11.9. The number of hydrogen-bond donors (Lipinski definition) is 0. The first kappa shape index (κ1) is 20.1. The number of aryl methyl sites for hydroxylation is 2. The average Bonchev–Trinajstić information content (AvgIpc) is 3.24. The summed E-state index contributed by atoms with van der Waals surface area (Å²) >= 11 is 1.31. The van der Waals surface area contributed by atoms with Crippen LogP contribution in [0.2, 0.25) is 0 Å². The molecule has 154 valence electrons. The molecule has 0 bridgehead atoms. The van der Waals surface area contributed by atoms with Gasteiger partial charge in [0.15, 0.2) is 0 Å². The van der Waals surface area contributed by atoms with E-state index in [1.807, 2.05) is 19.9 Å². The van der Waals surface area contributed by atoms with Gasteiger partial charge in [0, 0.05) is 29.9 Å². The maximum absolute atomic E-state index is 13.4. The second kappa shape index (κ2) is 6.39. The number of hydrogen-bond acceptors (Lipinski definition) is 6. The molecule has 2 aliphatic rings. The third kappa shape index (κ3) is 2.96. The second-order valence-electron chi connectivity index (χ2n) is 9.43. The van der Waals surface area contributed by atoms with Crippen LogP contribution in [0.3, 0.4) is 0 Å². The van der Waals surface area contributed by atoms with Crippen molar-refractivity contribution in [3.63, 3.8) is 0 Å². The minimum absolute atomic E-state index is 0.0712. The summed E-state index contributed by atoms with van der Waals surface area (Å²) in [5, 5.41) is 3.99. The molecule has 0 N–H and O–H groups in total. The van der Waals surface area contributed by atoms with Gasteiger partial charge in [-0.15, -0.1) is 11.3 Å². The van der Waals surface area contributed by atoms with Gasteiger partial charge in [-0.25, -0.2) is 8.42 Å². The van der Waals surface area contributed by atoms with E-state index >= 15 is 0 Å². The molecule has 1 aliphatic heterocycles. The lowest BCUT2D eigenvalue weighted by Gasteiger charge is -2.57. The third-order valence-electron chi connectivity index (χ3n) is 6.45. The van der Waals surface area contributed by atoms with Gasteiger partial charge in [-0.3, -0.25) is 0 Å². The molecule has 1 saturated carbocycles. The molecule has 0 aromatic carbocycles. The summed E-state index contributed by atoms with van der Waals surface area (Å²) in [6, 6.07) is 3.60. The van der Waals surface area contributed by atoms with E-state index in [0.717, 1.165) is 29.1 Å². The van der Waals surface area contributed by atoms with Crippen LogP contribution in [-0.2, 0) is 10.0 Å². The first-order chi connectivity index (χ1) is 13.0. The smallest absolute Gasteiger partial charge is 0.252 e. The van der Waals surface area contributed by atoms with Gasteiger partial charge in [0.05, 0.1) is 11.3 Å². The molecule has 2 atom stereocenters. The number of aromatic nitrogens is 1. The van der Waals surface area contributed by atoms with Crippen LogP contribution in [-0.4, -0.2) is 56.5 Å². The molecule has 1 saturated heterocycles. The lowest BCUT2D eigenvalue weighted by atomic mass is 9.48. The minimum Gasteiger partial charge on any atom is -0.361 e. The highest BCUT2D eigenvalue weighted by Crippen LogP contribution is 2.63. The van der Waals surface area contributed by atoms with E-state index in [1.54, 1.807) is 10.4 Å². The van der Waals surface area contributed by atoms with Gasteiger partial charge in [-0.1, -0.05) is 19.0 Å². The summed E-state index contributed by atoms with van der Waals surface area (Å²) in [5.74, 6) is 1.12. The summed E-state index contributed by atoms with van der Waals surface area (Å²) in [6.45, 7) is 10.4. The third-order valence-corrected chi connectivity index (χ3v) is 9.84. The van der Waals surface area contributed by atoms with E-state index in [0.29, 0.717) is 29.0 Å². The Morgan fingerprint density at radius 2 is 2.04 bits per heavy atom. The Balaban J connectivity index is 1.63. The van der Waals surface area contributed by atoms with Crippen molar-refractivity contribution in [2.24, 2.45) is 16.7 Å². The van der Waals surface area contributed by atoms with Crippen molar-refractivity contribution in [3.8, 4) is 10.4 Å². The van der Waals surface area contributed by atoms with Crippen molar-refractivity contribution in [1.29, 1.82) is 0 Å². The van der Waals surface area contributed by atoms with E-state index in [4.69, 9.17) is 4.52 Å². The van der Waals surface area contributed by atoms with E-state index in [9.17, 15) is 8.42 Å². The number of thiophene rings is 1. The van der Waals surface area contributed by atoms with Crippen molar-refractivity contribution < 1.29 is 12.9 Å². The monoisotopic (exact) mass is 423 g/mol. The SMILES string of the molecule is Cc1noc(C)c1-c1ccc(S(=O)(=O)N2C[C@@H]3C(C)(C)C[C@]3(CN(C)C)C2)s1. The van der Waals surface area contributed by atoms with Crippen LogP contribution in [0.5, 0.6) is 0 Å². The lowest BCUT2D eigenvalue weighted by Crippen LogP contribution is -2.57. The molecule has 1 aliphatic carbocycles. The van der Waals surface area contributed by atoms with Gasteiger partial charge in [0.2, 0.25) is 0 Å². The normalized spacial score (nSPS) is 27.2. The molecular weight excluding hydrogens is 394 g/mol. The molecule has 2 aromatic heterocycles. The molecule has 0 amide bonds. The van der Waals surface area contributed by atoms with Crippen LogP contribution in [0.1, 0.15) is 31.7 Å². The van der Waals surface area contributed by atoms with Gasteiger partial charge < -0.3 is 9.42 Å². The van der Waals surface area contributed by atoms with Crippen LogP contribution >= 0.6 is 11.3 Å². The summed E-state index contributed by atoms with van der Waals surface area (Å²) in [5.41, 5.74) is 1.95. The zero-order chi connectivity index (χ0) is 20.5. The summed E-state index contributed by atoms with van der Waals surface area (Å²) in [7, 11) is 0.643. The van der Waals surface area contributed by atoms with Crippen molar-refractivity contribution in [2.75, 3.05) is 33.7 Å². The zero-order valence-electron chi connectivity index (χ0n) is 17.4. The molecule has 6 nitrogen and oxygen atoms in total. The fourth-order valence-corrected chi connectivity index (χ4v) is 8.82. The Bertz CT molecular complexity index is 982. The van der Waals surface area contributed by atoms with Crippen molar-refractivity contribution in [2.45, 2.75) is 38.3 Å². The minimum atomic E-state index is -3.50. The molecule has 0 radical (unpaired) electrons. The highest BCUT2D eigenvalue weighted by Gasteiger charge is 2.64. The molecule has 4 rings (SSSR count). The molecule has 2 aromatic rings. The number of sulfonamides is 1. The molecule has 8 heteroatoms. The molecule has 0 unspecified atom stereocenters. The van der Waals surface area contributed by atoms with Gasteiger partial charge >= 0.3 is 0 Å². The number of rotatable bonds is 5. The second-order valence-corrected chi connectivity index (χ2v) is 12.7. The van der Waals surface area contributed by atoms with E-state index in [1.165, 1.54) is 11.3 Å². The lowest BCUT2D eigenvalue weighted by molar-refractivity contribution is -0.0789. The highest BCUT2D eigenvalue weighted by molar-refractivity contribution is 7.91. The molecule has 2 fully saturated rings. The highest BCUT2D eigenvalue weighted by atomic mass is 32.2. The van der Waals surface area contributed by atoms with Crippen LogP contribution in [0, 0.1) is 30.6 Å². The van der Waals surface area contributed by atoms with Gasteiger partial charge in [-0.05, 0) is 57.8 Å². The standard InChI is InChI=1S/C20H29N3O3S2/c1-13-18(14(2)26-21-13)15-7-8-17(27-15)28(24,25)23-9-16-19(3,4)10-20(16,12-23)11-22(5)6/h7-8,16H,9-12H2,1-6H3/t16-,20+/m1/s1. The van der Waals surface area contributed by atoms with E-state index in [-0.39, 0.29) is 10.8 Å². The molecule has 3 heterocycles. The fraction of sp³-hybridized carbons (Fsp3) is 0.650.